The van der Waals surface area contributed by atoms with Crippen LogP contribution in [0.2, 0.25) is 0 Å². The number of halogens is 3. The molecule has 1 unspecified atom stereocenters. The summed E-state index contributed by atoms with van der Waals surface area (Å²) < 4.78 is 53.7. The molecule has 2 amide bonds. The highest BCUT2D eigenvalue weighted by molar-refractivity contribution is 5.88. The molecule has 0 bridgehead atoms. The predicted octanol–water partition coefficient (Wildman–Crippen LogP) is 4.35. The van der Waals surface area contributed by atoms with Gasteiger partial charge in [-0.05, 0) is 26.2 Å². The maximum atomic E-state index is 13.4. The topological polar surface area (TPSA) is 86.4 Å². The Morgan fingerprint density at radius 1 is 1.32 bits per heavy atom. The van der Waals surface area contributed by atoms with E-state index in [1.165, 1.54) is 23.8 Å². The van der Waals surface area contributed by atoms with Crippen LogP contribution in [0.25, 0.3) is 0 Å². The highest BCUT2D eigenvalue weighted by atomic mass is 19.4. The molecule has 190 valence electrons. The second kappa shape index (κ2) is 11.2. The number of ether oxygens (including phenoxy) is 2. The van der Waals surface area contributed by atoms with Gasteiger partial charge in [0.15, 0.2) is 12.0 Å². The fraction of sp³-hybridized carbons (Fsp3) is 0.682. The number of carbonyl (C=O) groups is 1. The van der Waals surface area contributed by atoms with E-state index in [9.17, 15) is 18.0 Å². The predicted molar refractivity (Wildman–Crippen MR) is 119 cm³/mol. The number of aromatic nitrogens is 4. The summed E-state index contributed by atoms with van der Waals surface area (Å²) in [7, 11) is 2.92. The fourth-order valence-electron chi connectivity index (χ4n) is 3.99. The van der Waals surface area contributed by atoms with Crippen molar-refractivity contribution >= 4 is 11.8 Å². The number of alkyl halides is 3. The third-order valence-electron chi connectivity index (χ3n) is 6.25. The fourth-order valence-corrected chi connectivity index (χ4v) is 3.99. The zero-order chi connectivity index (χ0) is 24.9. The average Bonchev–Trinajstić information content (AvgIpc) is 3.38. The molecule has 2 aromatic heterocycles. The van der Waals surface area contributed by atoms with Crippen LogP contribution >= 0.6 is 0 Å². The van der Waals surface area contributed by atoms with Crippen LogP contribution in [0, 0.1) is 5.92 Å². The van der Waals surface area contributed by atoms with Gasteiger partial charge in [-0.2, -0.15) is 23.4 Å². The standard InChI is InChI=1S/C22H33F3N6O3/c1-5-29-13-17(12-26-29)14-30(15(2)20(33-3)34-4)21(32)27-19-11-18(22(23,24)25)28-31(19)10-9-16-7-6-8-16/h11-13,15-16,20H,5-10,14H2,1-4H3,(H,27,32). The van der Waals surface area contributed by atoms with E-state index >= 15 is 0 Å². The number of nitrogens with one attached hydrogen (secondary N) is 1. The number of hydrogen-bond donors (Lipinski definition) is 1. The quantitative estimate of drug-likeness (QED) is 0.477. The Morgan fingerprint density at radius 3 is 2.56 bits per heavy atom. The van der Waals surface area contributed by atoms with Crippen molar-refractivity contribution in [3.05, 3.63) is 29.7 Å². The van der Waals surface area contributed by atoms with E-state index in [1.807, 2.05) is 13.1 Å². The van der Waals surface area contributed by atoms with Crippen molar-refractivity contribution < 1.29 is 27.4 Å². The molecule has 2 aromatic rings. The molecule has 2 heterocycles. The zero-order valence-electron chi connectivity index (χ0n) is 20.0. The van der Waals surface area contributed by atoms with Gasteiger partial charge in [0.2, 0.25) is 0 Å². The summed E-state index contributed by atoms with van der Waals surface area (Å²) in [4.78, 5) is 14.8. The number of carbonyl (C=O) groups excluding carboxylic acids is 1. The summed E-state index contributed by atoms with van der Waals surface area (Å²) in [5.74, 6) is 0.488. The minimum atomic E-state index is -4.61. The highest BCUT2D eigenvalue weighted by Gasteiger charge is 2.36. The van der Waals surface area contributed by atoms with Gasteiger partial charge in [-0.15, -0.1) is 0 Å². The second-order valence-corrected chi connectivity index (χ2v) is 8.56. The van der Waals surface area contributed by atoms with E-state index in [4.69, 9.17) is 9.47 Å². The van der Waals surface area contributed by atoms with Crippen molar-refractivity contribution in [1.29, 1.82) is 0 Å². The number of anilines is 1. The van der Waals surface area contributed by atoms with Crippen LogP contribution < -0.4 is 5.32 Å². The van der Waals surface area contributed by atoms with E-state index in [0.717, 1.165) is 30.9 Å². The number of nitrogens with zero attached hydrogens (tertiary/aromatic N) is 5. The van der Waals surface area contributed by atoms with Gasteiger partial charge in [0.1, 0.15) is 5.82 Å². The lowest BCUT2D eigenvalue weighted by Crippen LogP contribution is -2.48. The molecule has 0 aliphatic heterocycles. The van der Waals surface area contributed by atoms with E-state index in [2.05, 4.69) is 15.5 Å². The lowest BCUT2D eigenvalue weighted by Gasteiger charge is -2.33. The van der Waals surface area contributed by atoms with E-state index in [-0.39, 0.29) is 12.4 Å². The van der Waals surface area contributed by atoms with Crippen molar-refractivity contribution in [1.82, 2.24) is 24.5 Å². The minimum absolute atomic E-state index is 0.00415. The van der Waals surface area contributed by atoms with Crippen LogP contribution in [0.4, 0.5) is 23.8 Å². The normalized spacial score (nSPS) is 15.4. The molecule has 12 heteroatoms. The molecule has 1 atom stereocenters. The first kappa shape index (κ1) is 26.0. The maximum absolute atomic E-state index is 13.4. The van der Waals surface area contributed by atoms with Gasteiger partial charge in [-0.3, -0.25) is 10.00 Å². The number of urea groups is 1. The van der Waals surface area contributed by atoms with Gasteiger partial charge in [-0.25, -0.2) is 9.48 Å². The van der Waals surface area contributed by atoms with Gasteiger partial charge in [0.05, 0.1) is 18.8 Å². The smallest absolute Gasteiger partial charge is 0.354 e. The van der Waals surface area contributed by atoms with Gasteiger partial charge in [0.25, 0.3) is 0 Å². The Hall–Kier alpha value is -2.60. The number of rotatable bonds is 11. The summed E-state index contributed by atoms with van der Waals surface area (Å²) >= 11 is 0. The molecule has 1 aliphatic carbocycles. The molecular formula is C22H33F3N6O3. The van der Waals surface area contributed by atoms with E-state index in [0.29, 0.717) is 25.4 Å². The molecule has 9 nitrogen and oxygen atoms in total. The maximum Gasteiger partial charge on any atom is 0.435 e. The third-order valence-corrected chi connectivity index (χ3v) is 6.25. The summed E-state index contributed by atoms with van der Waals surface area (Å²) in [6.45, 7) is 4.82. The number of amides is 2. The molecule has 3 rings (SSSR count). The minimum Gasteiger partial charge on any atom is -0.354 e. The molecule has 0 saturated heterocycles. The summed E-state index contributed by atoms with van der Waals surface area (Å²) in [6.07, 6.45) is 2.11. The van der Waals surface area contributed by atoms with Crippen molar-refractivity contribution in [2.75, 3.05) is 19.5 Å². The van der Waals surface area contributed by atoms with E-state index < -0.39 is 30.2 Å². The van der Waals surface area contributed by atoms with Crippen LogP contribution in [0.1, 0.15) is 50.8 Å². The monoisotopic (exact) mass is 486 g/mol. The van der Waals surface area contributed by atoms with Crippen molar-refractivity contribution in [2.24, 2.45) is 5.92 Å². The number of aryl methyl sites for hydroxylation is 2. The Bertz CT molecular complexity index is 937. The molecule has 1 N–H and O–H groups in total. The van der Waals surface area contributed by atoms with Crippen molar-refractivity contribution in [3.8, 4) is 0 Å². The van der Waals surface area contributed by atoms with Crippen molar-refractivity contribution in [2.45, 2.75) is 77.7 Å². The number of methoxy groups -OCH3 is 2. The second-order valence-electron chi connectivity index (χ2n) is 8.56. The van der Waals surface area contributed by atoms with Crippen LogP contribution in [-0.4, -0.2) is 57.0 Å². The summed E-state index contributed by atoms with van der Waals surface area (Å²) in [6, 6.07) is -0.261. The van der Waals surface area contributed by atoms with Crippen LogP contribution in [0.5, 0.6) is 0 Å². The average molecular weight is 487 g/mol. The van der Waals surface area contributed by atoms with Gasteiger partial charge >= 0.3 is 12.2 Å². The van der Waals surface area contributed by atoms with Crippen LogP contribution in [0.3, 0.4) is 0 Å². The molecule has 1 saturated carbocycles. The number of hydrogen-bond acceptors (Lipinski definition) is 5. The first-order valence-electron chi connectivity index (χ1n) is 11.5. The Labute approximate surface area is 197 Å². The highest BCUT2D eigenvalue weighted by Crippen LogP contribution is 2.33. The molecular weight excluding hydrogens is 453 g/mol. The van der Waals surface area contributed by atoms with Crippen LogP contribution in [0.15, 0.2) is 18.5 Å². The Kier molecular flexibility index (Phi) is 8.58. The van der Waals surface area contributed by atoms with Crippen molar-refractivity contribution in [3.63, 3.8) is 0 Å². The SMILES string of the molecule is CCn1cc(CN(C(=O)Nc2cc(C(F)(F)F)nn2CCC2CCC2)C(C)C(OC)OC)cn1. The van der Waals surface area contributed by atoms with E-state index in [1.54, 1.807) is 17.8 Å². The summed E-state index contributed by atoms with van der Waals surface area (Å²) in [5, 5.41) is 10.6. The molecule has 1 aliphatic rings. The molecule has 34 heavy (non-hydrogen) atoms. The van der Waals surface area contributed by atoms with Crippen LogP contribution in [-0.2, 0) is 35.3 Å². The zero-order valence-corrected chi connectivity index (χ0v) is 20.0. The van der Waals surface area contributed by atoms with Gasteiger partial charge < -0.3 is 14.4 Å². The molecule has 1 fully saturated rings. The largest absolute Gasteiger partial charge is 0.435 e. The molecule has 0 aromatic carbocycles. The first-order valence-corrected chi connectivity index (χ1v) is 11.5. The van der Waals surface area contributed by atoms with Gasteiger partial charge in [-0.1, -0.05) is 19.3 Å². The lowest BCUT2D eigenvalue weighted by atomic mass is 9.83. The Balaban J connectivity index is 1.83. The van der Waals surface area contributed by atoms with Gasteiger partial charge in [0, 0.05) is 45.1 Å². The first-order chi connectivity index (χ1) is 16.2. The lowest BCUT2D eigenvalue weighted by molar-refractivity contribution is -0.141. The Morgan fingerprint density at radius 2 is 2.03 bits per heavy atom. The third kappa shape index (κ3) is 6.29. The summed E-state index contributed by atoms with van der Waals surface area (Å²) in [5.41, 5.74) is -0.267. The molecule has 0 spiro atoms. The molecule has 0 radical (unpaired) electrons.